The predicted octanol–water partition coefficient (Wildman–Crippen LogP) is 3.25. The van der Waals surface area contributed by atoms with Crippen LogP contribution in [0.3, 0.4) is 0 Å². The third-order valence-corrected chi connectivity index (χ3v) is 3.82. The molecule has 0 atom stereocenters. The zero-order valence-electron chi connectivity index (χ0n) is 12.4. The molecule has 23 heavy (non-hydrogen) atoms. The van der Waals surface area contributed by atoms with E-state index in [1.807, 2.05) is 31.2 Å². The highest BCUT2D eigenvalue weighted by Gasteiger charge is 2.15. The van der Waals surface area contributed by atoms with Gasteiger partial charge in [0.1, 0.15) is 11.4 Å². The molecule has 7 heteroatoms. The highest BCUT2D eigenvalue weighted by atomic mass is 32.1. The third-order valence-electron chi connectivity index (χ3n) is 2.96. The Morgan fingerprint density at radius 2 is 2.00 bits per heavy atom. The number of carbonyl (C=O) groups excluding carboxylic acids is 1. The number of nitrogens with one attached hydrogen (secondary N) is 1. The summed E-state index contributed by atoms with van der Waals surface area (Å²) in [5.74, 6) is 0.264. The smallest absolute Gasteiger partial charge is 0.261 e. The molecule has 0 aliphatic rings. The molecule has 0 fully saturated rings. The minimum atomic E-state index is -0.280. The van der Waals surface area contributed by atoms with Crippen molar-refractivity contribution in [3.8, 4) is 16.5 Å². The highest BCUT2D eigenvalue weighted by Crippen LogP contribution is 2.26. The summed E-state index contributed by atoms with van der Waals surface area (Å²) in [4.78, 5) is 16.6. The van der Waals surface area contributed by atoms with E-state index in [1.165, 1.54) is 11.3 Å². The summed E-state index contributed by atoms with van der Waals surface area (Å²) in [5.41, 5.74) is 1.18. The van der Waals surface area contributed by atoms with Crippen LogP contribution in [0.5, 0.6) is 5.75 Å². The Morgan fingerprint density at radius 3 is 2.78 bits per heavy atom. The number of amides is 1. The molecule has 0 unspecified atom stereocenters. The summed E-state index contributed by atoms with van der Waals surface area (Å²) in [5, 5.41) is 11.9. The molecule has 0 aliphatic carbocycles. The van der Waals surface area contributed by atoms with Crippen molar-refractivity contribution in [2.24, 2.45) is 0 Å². The standard InChI is InChI=1S/C16H14N4O2S/c1-2-22-13-9-4-3-7-11(13)14(21)18-16-20-19-15(23-16)12-8-5-6-10-17-12/h3-10H,2H2,1H3,(H,18,20,21). The van der Waals surface area contributed by atoms with Crippen molar-refractivity contribution in [3.05, 3.63) is 54.2 Å². The number of rotatable bonds is 5. The molecule has 3 rings (SSSR count). The fourth-order valence-electron chi connectivity index (χ4n) is 1.97. The van der Waals surface area contributed by atoms with Gasteiger partial charge < -0.3 is 4.74 Å². The third kappa shape index (κ3) is 3.51. The van der Waals surface area contributed by atoms with Crippen molar-refractivity contribution in [2.45, 2.75) is 6.92 Å². The van der Waals surface area contributed by atoms with Crippen molar-refractivity contribution < 1.29 is 9.53 Å². The maximum absolute atomic E-state index is 12.4. The van der Waals surface area contributed by atoms with Crippen LogP contribution in [0.1, 0.15) is 17.3 Å². The number of hydrogen-bond acceptors (Lipinski definition) is 6. The Hall–Kier alpha value is -2.80. The lowest BCUT2D eigenvalue weighted by Gasteiger charge is -2.08. The lowest BCUT2D eigenvalue weighted by Crippen LogP contribution is -2.13. The molecule has 1 amide bonds. The van der Waals surface area contributed by atoms with Gasteiger partial charge in [0.2, 0.25) is 5.13 Å². The Kier molecular flexibility index (Phi) is 4.58. The monoisotopic (exact) mass is 326 g/mol. The average Bonchev–Trinajstić information content (AvgIpc) is 3.05. The number of carbonyl (C=O) groups is 1. The molecule has 2 heterocycles. The molecule has 116 valence electrons. The Bertz CT molecular complexity index is 805. The molecule has 1 aromatic carbocycles. The van der Waals surface area contributed by atoms with Gasteiger partial charge in [0.05, 0.1) is 12.2 Å². The molecule has 0 aliphatic heterocycles. The van der Waals surface area contributed by atoms with Crippen molar-refractivity contribution in [2.75, 3.05) is 11.9 Å². The zero-order valence-corrected chi connectivity index (χ0v) is 13.2. The Labute approximate surface area is 137 Å². The van der Waals surface area contributed by atoms with Crippen molar-refractivity contribution in [3.63, 3.8) is 0 Å². The first kappa shape index (κ1) is 15.1. The summed E-state index contributed by atoms with van der Waals surface area (Å²) < 4.78 is 5.47. The Balaban J connectivity index is 1.78. The topological polar surface area (TPSA) is 77.0 Å². The van der Waals surface area contributed by atoms with Gasteiger partial charge in [-0.25, -0.2) is 0 Å². The maximum Gasteiger partial charge on any atom is 0.261 e. The van der Waals surface area contributed by atoms with Gasteiger partial charge >= 0.3 is 0 Å². The predicted molar refractivity (Wildman–Crippen MR) is 88.7 cm³/mol. The van der Waals surface area contributed by atoms with Crippen molar-refractivity contribution in [1.82, 2.24) is 15.2 Å². The lowest BCUT2D eigenvalue weighted by molar-refractivity contribution is 0.102. The van der Waals surface area contributed by atoms with E-state index in [-0.39, 0.29) is 5.91 Å². The minimum absolute atomic E-state index is 0.280. The van der Waals surface area contributed by atoms with E-state index in [4.69, 9.17) is 4.74 Å². The van der Waals surface area contributed by atoms with Crippen LogP contribution in [0, 0.1) is 0 Å². The number of nitrogens with zero attached hydrogens (tertiary/aromatic N) is 3. The van der Waals surface area contributed by atoms with Crippen LogP contribution in [0.2, 0.25) is 0 Å². The van der Waals surface area contributed by atoms with Crippen LogP contribution in [-0.4, -0.2) is 27.7 Å². The first-order valence-electron chi connectivity index (χ1n) is 7.06. The van der Waals surface area contributed by atoms with Gasteiger partial charge in [-0.05, 0) is 31.2 Å². The molecule has 0 radical (unpaired) electrons. The first-order chi connectivity index (χ1) is 11.3. The second-order valence-electron chi connectivity index (χ2n) is 4.51. The molecule has 0 spiro atoms. The van der Waals surface area contributed by atoms with Crippen LogP contribution < -0.4 is 10.1 Å². The van der Waals surface area contributed by atoms with Gasteiger partial charge in [0.15, 0.2) is 5.01 Å². The van der Waals surface area contributed by atoms with Gasteiger partial charge in [-0.3, -0.25) is 15.1 Å². The summed E-state index contributed by atoms with van der Waals surface area (Å²) >= 11 is 1.27. The van der Waals surface area contributed by atoms with Crippen molar-refractivity contribution >= 4 is 22.4 Å². The second kappa shape index (κ2) is 6.97. The number of para-hydroxylation sites is 1. The lowest BCUT2D eigenvalue weighted by atomic mass is 10.2. The summed E-state index contributed by atoms with van der Waals surface area (Å²) in [6, 6.07) is 12.6. The van der Waals surface area contributed by atoms with Gasteiger partial charge in [0, 0.05) is 6.20 Å². The zero-order chi connectivity index (χ0) is 16.1. The van der Waals surface area contributed by atoms with Gasteiger partial charge in [-0.15, -0.1) is 10.2 Å². The molecular weight excluding hydrogens is 312 g/mol. The number of anilines is 1. The van der Waals surface area contributed by atoms with E-state index >= 15 is 0 Å². The van der Waals surface area contributed by atoms with E-state index in [9.17, 15) is 4.79 Å². The quantitative estimate of drug-likeness (QED) is 0.779. The van der Waals surface area contributed by atoms with E-state index in [2.05, 4.69) is 20.5 Å². The van der Waals surface area contributed by atoms with Gasteiger partial charge in [0.25, 0.3) is 5.91 Å². The largest absolute Gasteiger partial charge is 0.493 e. The molecule has 3 aromatic rings. The van der Waals surface area contributed by atoms with Crippen LogP contribution in [-0.2, 0) is 0 Å². The molecule has 0 saturated carbocycles. The fourth-order valence-corrected chi connectivity index (χ4v) is 2.68. The van der Waals surface area contributed by atoms with E-state index in [1.54, 1.807) is 24.4 Å². The summed E-state index contributed by atoms with van der Waals surface area (Å²) in [7, 11) is 0. The van der Waals surface area contributed by atoms with Gasteiger partial charge in [-0.1, -0.05) is 29.5 Å². The van der Waals surface area contributed by atoms with Crippen LogP contribution in [0.15, 0.2) is 48.7 Å². The highest BCUT2D eigenvalue weighted by molar-refractivity contribution is 7.18. The molecule has 6 nitrogen and oxygen atoms in total. The van der Waals surface area contributed by atoms with Crippen LogP contribution >= 0.6 is 11.3 Å². The maximum atomic E-state index is 12.4. The number of benzene rings is 1. The van der Waals surface area contributed by atoms with Gasteiger partial charge in [-0.2, -0.15) is 0 Å². The summed E-state index contributed by atoms with van der Waals surface area (Å²) in [6.45, 7) is 2.37. The normalized spacial score (nSPS) is 10.3. The van der Waals surface area contributed by atoms with Crippen LogP contribution in [0.25, 0.3) is 10.7 Å². The molecule has 0 bridgehead atoms. The fraction of sp³-hybridized carbons (Fsp3) is 0.125. The first-order valence-corrected chi connectivity index (χ1v) is 7.87. The number of pyridine rings is 1. The van der Waals surface area contributed by atoms with E-state index in [0.717, 1.165) is 5.69 Å². The molecule has 1 N–H and O–H groups in total. The van der Waals surface area contributed by atoms with Crippen LogP contribution in [0.4, 0.5) is 5.13 Å². The Morgan fingerprint density at radius 1 is 1.17 bits per heavy atom. The SMILES string of the molecule is CCOc1ccccc1C(=O)Nc1nnc(-c2ccccn2)s1. The number of ether oxygens (including phenoxy) is 1. The average molecular weight is 326 g/mol. The molecule has 0 saturated heterocycles. The summed E-state index contributed by atoms with van der Waals surface area (Å²) in [6.07, 6.45) is 1.69. The number of hydrogen-bond donors (Lipinski definition) is 1. The second-order valence-corrected chi connectivity index (χ2v) is 5.49. The molecule has 2 aromatic heterocycles. The van der Waals surface area contributed by atoms with E-state index < -0.39 is 0 Å². The van der Waals surface area contributed by atoms with E-state index in [0.29, 0.717) is 28.1 Å². The molecular formula is C16H14N4O2S. The minimum Gasteiger partial charge on any atom is -0.493 e. The number of aromatic nitrogens is 3. The van der Waals surface area contributed by atoms with Crippen molar-refractivity contribution in [1.29, 1.82) is 0 Å².